The van der Waals surface area contributed by atoms with E-state index in [4.69, 9.17) is 14.2 Å². The number of carbonyl (C=O) groups is 1. The molecule has 0 heterocycles. The highest BCUT2D eigenvalue weighted by molar-refractivity contribution is 5.74. The van der Waals surface area contributed by atoms with Crippen LogP contribution in [0.3, 0.4) is 0 Å². The second kappa shape index (κ2) is 7.47. The average molecular weight is 302 g/mol. The molecule has 2 aromatic carbocycles. The Hall–Kier alpha value is -2.53. The van der Waals surface area contributed by atoms with Crippen LogP contribution in [-0.4, -0.2) is 32.2 Å². The summed E-state index contributed by atoms with van der Waals surface area (Å²) in [6, 6.07) is 11.9. The molecule has 0 bridgehead atoms. The molecule has 0 fully saturated rings. The van der Waals surface area contributed by atoms with Crippen LogP contribution in [0.5, 0.6) is 17.2 Å². The van der Waals surface area contributed by atoms with Crippen molar-refractivity contribution in [3.8, 4) is 17.2 Å². The molecule has 0 saturated carbocycles. The molecule has 1 N–H and O–H groups in total. The molecule has 0 amide bonds. The zero-order valence-electron chi connectivity index (χ0n) is 12.5. The molecule has 0 aliphatic carbocycles. The first-order valence-corrected chi connectivity index (χ1v) is 6.76. The summed E-state index contributed by atoms with van der Waals surface area (Å²) in [5.74, 6) is 1.74. The third-order valence-electron chi connectivity index (χ3n) is 3.22. The van der Waals surface area contributed by atoms with Gasteiger partial charge in [0.1, 0.15) is 24.7 Å². The molecular weight excluding hydrogens is 284 g/mol. The Bertz CT molecular complexity index is 621. The summed E-state index contributed by atoms with van der Waals surface area (Å²) in [5.41, 5.74) is 1.25. The summed E-state index contributed by atoms with van der Waals surface area (Å²) in [6.45, 7) is 0.0932. The Kier molecular flexibility index (Phi) is 5.38. The summed E-state index contributed by atoms with van der Waals surface area (Å²) >= 11 is 0. The van der Waals surface area contributed by atoms with E-state index in [1.807, 2.05) is 0 Å². The molecule has 0 aromatic heterocycles. The molecule has 116 valence electrons. The molecule has 2 rings (SSSR count). The predicted molar refractivity (Wildman–Crippen MR) is 81.8 cm³/mol. The lowest BCUT2D eigenvalue weighted by Gasteiger charge is -2.15. The maximum atomic E-state index is 10.6. The standard InChI is InChI=1S/C17H18O5/c1-20-16-8-5-13(9-17(16)21-2)15(19)11-22-14-6-3-12(10-18)4-7-14/h3-10,15,19H,11H2,1-2H3. The first-order valence-electron chi connectivity index (χ1n) is 6.76. The molecule has 0 aliphatic heterocycles. The van der Waals surface area contributed by atoms with Crippen molar-refractivity contribution < 1.29 is 24.1 Å². The van der Waals surface area contributed by atoms with Gasteiger partial charge in [0.2, 0.25) is 0 Å². The van der Waals surface area contributed by atoms with Gasteiger partial charge in [-0.3, -0.25) is 4.79 Å². The lowest BCUT2D eigenvalue weighted by atomic mass is 10.1. The molecule has 0 saturated heterocycles. The van der Waals surface area contributed by atoms with Gasteiger partial charge in [0.25, 0.3) is 0 Å². The Labute approximate surface area is 129 Å². The molecule has 5 nitrogen and oxygen atoms in total. The lowest BCUT2D eigenvalue weighted by Crippen LogP contribution is -2.10. The lowest BCUT2D eigenvalue weighted by molar-refractivity contribution is 0.107. The number of methoxy groups -OCH3 is 2. The predicted octanol–water partition coefficient (Wildman–Crippen LogP) is 2.63. The van der Waals surface area contributed by atoms with E-state index in [-0.39, 0.29) is 6.61 Å². The normalized spacial score (nSPS) is 11.6. The minimum atomic E-state index is -0.800. The molecule has 22 heavy (non-hydrogen) atoms. The van der Waals surface area contributed by atoms with Crippen LogP contribution in [0.4, 0.5) is 0 Å². The highest BCUT2D eigenvalue weighted by Gasteiger charge is 2.12. The molecule has 1 atom stereocenters. The Morgan fingerprint density at radius 1 is 1.05 bits per heavy atom. The van der Waals surface area contributed by atoms with Crippen LogP contribution in [0.25, 0.3) is 0 Å². The number of hydrogen-bond acceptors (Lipinski definition) is 5. The van der Waals surface area contributed by atoms with Crippen molar-refractivity contribution in [3.63, 3.8) is 0 Å². The Morgan fingerprint density at radius 2 is 1.73 bits per heavy atom. The topological polar surface area (TPSA) is 65.0 Å². The first kappa shape index (κ1) is 15.9. The number of aliphatic hydroxyl groups is 1. The largest absolute Gasteiger partial charge is 0.493 e. The summed E-state index contributed by atoms with van der Waals surface area (Å²) in [7, 11) is 3.10. The number of aldehydes is 1. The summed E-state index contributed by atoms with van der Waals surface area (Å²) in [4.78, 5) is 10.6. The van der Waals surface area contributed by atoms with Gasteiger partial charge >= 0.3 is 0 Å². The van der Waals surface area contributed by atoms with Crippen LogP contribution in [-0.2, 0) is 0 Å². The van der Waals surface area contributed by atoms with Gasteiger partial charge in [0.05, 0.1) is 14.2 Å². The minimum Gasteiger partial charge on any atom is -0.493 e. The second-order valence-corrected chi connectivity index (χ2v) is 4.63. The maximum absolute atomic E-state index is 10.6. The third-order valence-corrected chi connectivity index (χ3v) is 3.22. The average Bonchev–Trinajstić information content (AvgIpc) is 2.59. The monoisotopic (exact) mass is 302 g/mol. The number of rotatable bonds is 7. The fourth-order valence-electron chi connectivity index (χ4n) is 1.97. The number of carbonyl (C=O) groups excluding carboxylic acids is 1. The van der Waals surface area contributed by atoms with E-state index in [0.717, 1.165) is 6.29 Å². The van der Waals surface area contributed by atoms with Crippen molar-refractivity contribution in [3.05, 3.63) is 53.6 Å². The van der Waals surface area contributed by atoms with Gasteiger partial charge in [-0.2, -0.15) is 0 Å². The van der Waals surface area contributed by atoms with Gasteiger partial charge in [-0.05, 0) is 42.0 Å². The highest BCUT2D eigenvalue weighted by Crippen LogP contribution is 2.30. The highest BCUT2D eigenvalue weighted by atomic mass is 16.5. The molecular formula is C17H18O5. The van der Waals surface area contributed by atoms with Crippen molar-refractivity contribution in [1.29, 1.82) is 0 Å². The van der Waals surface area contributed by atoms with Gasteiger partial charge in [0.15, 0.2) is 11.5 Å². The van der Waals surface area contributed by atoms with Crippen LogP contribution in [0.1, 0.15) is 22.0 Å². The van der Waals surface area contributed by atoms with Crippen LogP contribution < -0.4 is 14.2 Å². The second-order valence-electron chi connectivity index (χ2n) is 4.63. The van der Waals surface area contributed by atoms with Crippen LogP contribution in [0.2, 0.25) is 0 Å². The van der Waals surface area contributed by atoms with Gasteiger partial charge in [-0.25, -0.2) is 0 Å². The van der Waals surface area contributed by atoms with E-state index >= 15 is 0 Å². The number of hydrogen-bond donors (Lipinski definition) is 1. The molecule has 0 aliphatic rings. The van der Waals surface area contributed by atoms with E-state index in [2.05, 4.69) is 0 Å². The fourth-order valence-corrected chi connectivity index (χ4v) is 1.97. The van der Waals surface area contributed by atoms with Crippen molar-refractivity contribution in [1.82, 2.24) is 0 Å². The molecule has 0 radical (unpaired) electrons. The van der Waals surface area contributed by atoms with Crippen molar-refractivity contribution in [2.75, 3.05) is 20.8 Å². The minimum absolute atomic E-state index is 0.0932. The first-order chi connectivity index (χ1) is 10.7. The smallest absolute Gasteiger partial charge is 0.161 e. The van der Waals surface area contributed by atoms with E-state index < -0.39 is 6.10 Å². The van der Waals surface area contributed by atoms with E-state index in [1.54, 1.807) is 56.7 Å². The maximum Gasteiger partial charge on any atom is 0.161 e. The van der Waals surface area contributed by atoms with E-state index in [1.165, 1.54) is 0 Å². The summed E-state index contributed by atoms with van der Waals surface area (Å²) in [5, 5.41) is 10.2. The van der Waals surface area contributed by atoms with Gasteiger partial charge < -0.3 is 19.3 Å². The van der Waals surface area contributed by atoms with Gasteiger partial charge in [-0.1, -0.05) is 6.07 Å². The summed E-state index contributed by atoms with van der Waals surface area (Å²) in [6.07, 6.45) is -0.0343. The Morgan fingerprint density at radius 3 is 2.32 bits per heavy atom. The quantitative estimate of drug-likeness (QED) is 0.797. The van der Waals surface area contributed by atoms with Crippen molar-refractivity contribution in [2.45, 2.75) is 6.10 Å². The van der Waals surface area contributed by atoms with E-state index in [0.29, 0.717) is 28.4 Å². The van der Waals surface area contributed by atoms with Crippen LogP contribution in [0, 0.1) is 0 Å². The summed E-state index contributed by atoms with van der Waals surface area (Å²) < 4.78 is 15.9. The fraction of sp³-hybridized carbons (Fsp3) is 0.235. The zero-order chi connectivity index (χ0) is 15.9. The van der Waals surface area contributed by atoms with E-state index in [9.17, 15) is 9.90 Å². The molecule has 0 spiro atoms. The van der Waals surface area contributed by atoms with Crippen LogP contribution in [0.15, 0.2) is 42.5 Å². The molecule has 5 heteroatoms. The molecule has 2 aromatic rings. The van der Waals surface area contributed by atoms with Gasteiger partial charge in [0, 0.05) is 5.56 Å². The SMILES string of the molecule is COc1ccc(C(O)COc2ccc(C=O)cc2)cc1OC. The van der Waals surface area contributed by atoms with Crippen LogP contribution >= 0.6 is 0 Å². The number of ether oxygens (including phenoxy) is 3. The van der Waals surface area contributed by atoms with Gasteiger partial charge in [-0.15, -0.1) is 0 Å². The Balaban J connectivity index is 2.02. The van der Waals surface area contributed by atoms with Crippen molar-refractivity contribution in [2.24, 2.45) is 0 Å². The van der Waals surface area contributed by atoms with Crippen molar-refractivity contribution >= 4 is 6.29 Å². The zero-order valence-corrected chi connectivity index (χ0v) is 12.5. The number of aliphatic hydroxyl groups excluding tert-OH is 1. The third kappa shape index (κ3) is 3.77. The molecule has 1 unspecified atom stereocenters. The number of benzene rings is 2.